The van der Waals surface area contributed by atoms with E-state index in [4.69, 9.17) is 46.9 Å². The van der Waals surface area contributed by atoms with Gasteiger partial charge < -0.3 is 23.7 Å². The number of hydrogen-bond acceptors (Lipinski definition) is 7. The molecule has 0 saturated carbocycles. The molecule has 2 aromatic carbocycles. The lowest BCUT2D eigenvalue weighted by Gasteiger charge is -2.14. The van der Waals surface area contributed by atoms with Crippen LogP contribution in [0.3, 0.4) is 0 Å². The second kappa shape index (κ2) is 9.51. The number of hydrogen-bond donors (Lipinski definition) is 1. The van der Waals surface area contributed by atoms with Gasteiger partial charge in [-0.05, 0) is 42.0 Å². The van der Waals surface area contributed by atoms with Crippen molar-refractivity contribution in [1.82, 2.24) is 10.2 Å². The van der Waals surface area contributed by atoms with Crippen LogP contribution in [0.5, 0.6) is 17.2 Å². The van der Waals surface area contributed by atoms with Gasteiger partial charge >= 0.3 is 5.97 Å². The van der Waals surface area contributed by atoms with Crippen LogP contribution >= 0.6 is 23.2 Å². The van der Waals surface area contributed by atoms with E-state index in [1.807, 2.05) is 0 Å². The Labute approximate surface area is 181 Å². The van der Waals surface area contributed by atoms with Crippen LogP contribution in [0.15, 0.2) is 40.8 Å². The molecule has 0 amide bonds. The zero-order valence-corrected chi connectivity index (χ0v) is 17.4. The minimum atomic E-state index is -1.07. The topological polar surface area (TPSA) is 104 Å². The maximum Gasteiger partial charge on any atom is 0.328 e. The second-order valence-corrected chi connectivity index (χ2v) is 6.75. The molecule has 0 saturated heterocycles. The molecular weight excluding hydrogens is 435 g/mol. The Balaban J connectivity index is 1.81. The van der Waals surface area contributed by atoms with Gasteiger partial charge in [-0.15, -0.1) is 10.2 Å². The fourth-order valence-corrected chi connectivity index (χ4v) is 3.07. The maximum atomic E-state index is 10.7. The molecule has 156 valence electrons. The first-order valence-electron chi connectivity index (χ1n) is 8.48. The minimum absolute atomic E-state index is 0.0572. The van der Waals surface area contributed by atoms with Crippen molar-refractivity contribution >= 4 is 35.2 Å². The molecule has 1 N–H and O–H groups in total. The number of rotatable bonds is 8. The third-order valence-electron chi connectivity index (χ3n) is 3.82. The molecule has 8 nitrogen and oxygen atoms in total. The van der Waals surface area contributed by atoms with Gasteiger partial charge in [0.05, 0.1) is 14.2 Å². The van der Waals surface area contributed by atoms with Crippen LogP contribution in [0, 0.1) is 0 Å². The number of carboxylic acids is 1. The summed E-state index contributed by atoms with van der Waals surface area (Å²) in [5.74, 6) is 0.382. The zero-order chi connectivity index (χ0) is 21.7. The van der Waals surface area contributed by atoms with Crippen LogP contribution in [0.1, 0.15) is 11.5 Å². The van der Waals surface area contributed by atoms with E-state index in [2.05, 4.69) is 10.2 Å². The summed E-state index contributed by atoms with van der Waals surface area (Å²) in [5.41, 5.74) is 1.15. The number of halogens is 2. The number of methoxy groups -OCH3 is 2. The standard InChI is InChI=1S/C20H16Cl2N2O6/c1-27-15-5-11(3-4-18(25)26)6-16(28-2)19(15)29-10-17-23-24-20(30-17)12-7-13(21)9-14(22)8-12/h3-9H,10H2,1-2H3,(H,25,26)/b4-3+. The molecule has 0 aliphatic heterocycles. The number of ether oxygens (including phenoxy) is 3. The van der Waals surface area contributed by atoms with Crippen LogP contribution in [0.2, 0.25) is 10.0 Å². The summed E-state index contributed by atoms with van der Waals surface area (Å²) in [5, 5.41) is 17.6. The summed E-state index contributed by atoms with van der Waals surface area (Å²) in [4.78, 5) is 10.7. The van der Waals surface area contributed by atoms with E-state index in [0.29, 0.717) is 38.4 Å². The molecule has 0 aliphatic rings. The second-order valence-electron chi connectivity index (χ2n) is 5.87. The predicted molar refractivity (Wildman–Crippen MR) is 110 cm³/mol. The molecule has 0 unspecified atom stereocenters. The molecule has 0 spiro atoms. The smallest absolute Gasteiger partial charge is 0.328 e. The Kier molecular flexibility index (Phi) is 6.81. The fourth-order valence-electron chi connectivity index (χ4n) is 2.55. The van der Waals surface area contributed by atoms with Crippen molar-refractivity contribution in [2.24, 2.45) is 0 Å². The molecule has 1 heterocycles. The summed E-state index contributed by atoms with van der Waals surface area (Å²) in [6, 6.07) is 8.14. The van der Waals surface area contributed by atoms with Gasteiger partial charge in [-0.1, -0.05) is 23.2 Å². The monoisotopic (exact) mass is 450 g/mol. The zero-order valence-electron chi connectivity index (χ0n) is 15.9. The lowest BCUT2D eigenvalue weighted by molar-refractivity contribution is -0.131. The van der Waals surface area contributed by atoms with Gasteiger partial charge in [0.15, 0.2) is 18.1 Å². The van der Waals surface area contributed by atoms with Crippen molar-refractivity contribution in [3.63, 3.8) is 0 Å². The van der Waals surface area contributed by atoms with Crippen molar-refractivity contribution < 1.29 is 28.5 Å². The van der Waals surface area contributed by atoms with E-state index in [1.165, 1.54) is 20.3 Å². The Morgan fingerprint density at radius 1 is 1.07 bits per heavy atom. The fraction of sp³-hybridized carbons (Fsp3) is 0.150. The molecule has 0 aliphatic carbocycles. The minimum Gasteiger partial charge on any atom is -0.493 e. The van der Waals surface area contributed by atoms with Gasteiger partial charge in [0.1, 0.15) is 0 Å². The summed E-state index contributed by atoms with van der Waals surface area (Å²) in [6.45, 7) is -0.0572. The first kappa shape index (κ1) is 21.5. The Hall–Kier alpha value is -3.23. The van der Waals surface area contributed by atoms with Crippen molar-refractivity contribution in [3.8, 4) is 28.7 Å². The van der Waals surface area contributed by atoms with E-state index in [1.54, 1.807) is 30.3 Å². The Morgan fingerprint density at radius 2 is 1.70 bits per heavy atom. The van der Waals surface area contributed by atoms with Gasteiger partial charge in [0.2, 0.25) is 11.6 Å². The van der Waals surface area contributed by atoms with E-state index in [0.717, 1.165) is 6.08 Å². The van der Waals surface area contributed by atoms with Gasteiger partial charge in [-0.3, -0.25) is 0 Å². The molecule has 0 radical (unpaired) electrons. The lowest BCUT2D eigenvalue weighted by Crippen LogP contribution is -2.01. The number of carbonyl (C=O) groups is 1. The highest BCUT2D eigenvalue weighted by atomic mass is 35.5. The van der Waals surface area contributed by atoms with E-state index in [9.17, 15) is 4.79 Å². The van der Waals surface area contributed by atoms with Crippen LogP contribution in [0.4, 0.5) is 0 Å². The first-order chi connectivity index (χ1) is 14.4. The maximum absolute atomic E-state index is 10.7. The van der Waals surface area contributed by atoms with Gasteiger partial charge in [0, 0.05) is 21.7 Å². The molecular formula is C20H16Cl2N2O6. The number of nitrogens with zero attached hydrogens (tertiary/aromatic N) is 2. The normalized spacial score (nSPS) is 10.9. The highest BCUT2D eigenvalue weighted by Crippen LogP contribution is 2.39. The van der Waals surface area contributed by atoms with Crippen LogP contribution < -0.4 is 14.2 Å². The van der Waals surface area contributed by atoms with Crippen molar-refractivity contribution in [1.29, 1.82) is 0 Å². The van der Waals surface area contributed by atoms with E-state index in [-0.39, 0.29) is 18.4 Å². The summed E-state index contributed by atoms with van der Waals surface area (Å²) in [6.07, 6.45) is 2.42. The van der Waals surface area contributed by atoms with E-state index < -0.39 is 5.97 Å². The quantitative estimate of drug-likeness (QED) is 0.490. The predicted octanol–water partition coefficient (Wildman–Crippen LogP) is 4.74. The van der Waals surface area contributed by atoms with Crippen molar-refractivity contribution in [3.05, 3.63) is 57.9 Å². The van der Waals surface area contributed by atoms with Crippen LogP contribution in [-0.4, -0.2) is 35.5 Å². The molecule has 0 bridgehead atoms. The summed E-state index contributed by atoms with van der Waals surface area (Å²) >= 11 is 12.0. The molecule has 30 heavy (non-hydrogen) atoms. The number of benzene rings is 2. The average Bonchev–Trinajstić information content (AvgIpc) is 3.18. The molecule has 0 fully saturated rings. The van der Waals surface area contributed by atoms with Gasteiger partial charge in [-0.2, -0.15) is 0 Å². The third kappa shape index (κ3) is 5.22. The largest absolute Gasteiger partial charge is 0.493 e. The molecule has 1 aromatic heterocycles. The SMILES string of the molecule is COc1cc(/C=C/C(=O)O)cc(OC)c1OCc1nnc(-c2cc(Cl)cc(Cl)c2)o1. The first-order valence-corrected chi connectivity index (χ1v) is 9.24. The average molecular weight is 451 g/mol. The molecule has 3 rings (SSSR count). The Morgan fingerprint density at radius 3 is 2.27 bits per heavy atom. The lowest BCUT2D eigenvalue weighted by atomic mass is 10.1. The molecule has 10 heteroatoms. The Bertz CT molecular complexity index is 1050. The highest BCUT2D eigenvalue weighted by molar-refractivity contribution is 6.35. The van der Waals surface area contributed by atoms with Crippen molar-refractivity contribution in [2.45, 2.75) is 6.61 Å². The number of aromatic nitrogens is 2. The highest BCUT2D eigenvalue weighted by Gasteiger charge is 2.16. The molecule has 0 atom stereocenters. The van der Waals surface area contributed by atoms with E-state index >= 15 is 0 Å². The summed E-state index contributed by atoms with van der Waals surface area (Å²) in [7, 11) is 2.92. The van der Waals surface area contributed by atoms with Gasteiger partial charge in [0.25, 0.3) is 5.89 Å². The van der Waals surface area contributed by atoms with Crippen LogP contribution in [0.25, 0.3) is 17.5 Å². The third-order valence-corrected chi connectivity index (χ3v) is 4.25. The number of carboxylic acid groups (broad SMARTS) is 1. The van der Waals surface area contributed by atoms with Crippen molar-refractivity contribution in [2.75, 3.05) is 14.2 Å². The number of aliphatic carboxylic acids is 1. The van der Waals surface area contributed by atoms with Gasteiger partial charge in [-0.25, -0.2) is 4.79 Å². The van der Waals surface area contributed by atoms with Crippen LogP contribution in [-0.2, 0) is 11.4 Å². The summed E-state index contributed by atoms with van der Waals surface area (Å²) < 4.78 is 22.1. The molecule has 3 aromatic rings.